The number of aliphatic hydroxyl groups is 1. The Morgan fingerprint density at radius 3 is 2.80 bits per heavy atom. The number of H-pyrrole nitrogens is 1. The van der Waals surface area contributed by atoms with Gasteiger partial charge in [-0.05, 0) is 28.9 Å². The fourth-order valence-electron chi connectivity index (χ4n) is 2.30. The van der Waals surface area contributed by atoms with Gasteiger partial charge in [-0.15, -0.1) is 0 Å². The largest absolute Gasteiger partial charge is 0.420 e. The van der Waals surface area contributed by atoms with Crippen molar-refractivity contribution >= 4 is 32.8 Å². The second-order valence-electron chi connectivity index (χ2n) is 5.42. The molecule has 132 valence electrons. The van der Waals surface area contributed by atoms with Crippen LogP contribution < -0.4 is 5.32 Å². The van der Waals surface area contributed by atoms with E-state index in [-0.39, 0.29) is 23.9 Å². The zero-order valence-electron chi connectivity index (χ0n) is 12.9. The number of alkyl halides is 3. The Labute approximate surface area is 148 Å². The van der Waals surface area contributed by atoms with Gasteiger partial charge >= 0.3 is 6.18 Å². The molecule has 10 heteroatoms. The number of aromatic nitrogens is 4. The van der Waals surface area contributed by atoms with E-state index in [1.165, 1.54) is 0 Å². The SMILES string of the molecule is C[C@@H](CO)Nc1ncc(C(F)(F)F)c(-c2[nH]nc3c(Br)cccc23)n1. The molecule has 6 nitrogen and oxygen atoms in total. The van der Waals surface area contributed by atoms with Crippen LogP contribution in [0.3, 0.4) is 0 Å². The molecule has 0 aliphatic rings. The third-order valence-corrected chi connectivity index (χ3v) is 4.16. The molecular weight excluding hydrogens is 403 g/mol. The summed E-state index contributed by atoms with van der Waals surface area (Å²) < 4.78 is 40.8. The average molecular weight is 416 g/mol. The minimum atomic E-state index is -4.63. The number of nitrogens with zero attached hydrogens (tertiary/aromatic N) is 3. The number of rotatable bonds is 4. The average Bonchev–Trinajstić information content (AvgIpc) is 2.99. The minimum Gasteiger partial charge on any atom is -0.394 e. The molecule has 1 aromatic carbocycles. The van der Waals surface area contributed by atoms with Crippen LogP contribution in [0.25, 0.3) is 22.3 Å². The number of aliphatic hydroxyl groups excluding tert-OH is 1. The summed E-state index contributed by atoms with van der Waals surface area (Å²) in [4.78, 5) is 7.71. The predicted octanol–water partition coefficient (Wildman–Crippen LogP) is 3.59. The summed E-state index contributed by atoms with van der Waals surface area (Å²) >= 11 is 3.32. The molecule has 3 N–H and O–H groups in total. The van der Waals surface area contributed by atoms with E-state index >= 15 is 0 Å². The van der Waals surface area contributed by atoms with Crippen LogP contribution in [0, 0.1) is 0 Å². The Kier molecular flexibility index (Phi) is 4.65. The van der Waals surface area contributed by atoms with Crippen molar-refractivity contribution in [1.29, 1.82) is 0 Å². The molecule has 0 saturated heterocycles. The number of hydrogen-bond acceptors (Lipinski definition) is 5. The third-order valence-electron chi connectivity index (χ3n) is 3.52. The van der Waals surface area contributed by atoms with Crippen LogP contribution in [0.1, 0.15) is 12.5 Å². The fourth-order valence-corrected chi connectivity index (χ4v) is 2.75. The van der Waals surface area contributed by atoms with Gasteiger partial charge in [0, 0.05) is 22.1 Å². The van der Waals surface area contributed by atoms with Crippen molar-refractivity contribution < 1.29 is 18.3 Å². The van der Waals surface area contributed by atoms with Crippen molar-refractivity contribution in [2.75, 3.05) is 11.9 Å². The highest BCUT2D eigenvalue weighted by atomic mass is 79.9. The standard InChI is InChI=1S/C15H13BrF3N5O/c1-7(6-25)21-14-20-5-9(15(17,18)19)13(22-14)12-8-3-2-4-10(16)11(8)23-24-12/h2-5,7,25H,6H2,1H3,(H,23,24)(H,20,21,22)/t7-/m0/s1. The lowest BCUT2D eigenvalue weighted by atomic mass is 10.1. The molecule has 2 heterocycles. The second-order valence-corrected chi connectivity index (χ2v) is 6.27. The number of nitrogens with one attached hydrogen (secondary N) is 2. The molecule has 3 aromatic rings. The smallest absolute Gasteiger partial charge is 0.394 e. The predicted molar refractivity (Wildman–Crippen MR) is 90.0 cm³/mol. The van der Waals surface area contributed by atoms with E-state index in [0.717, 1.165) is 6.20 Å². The van der Waals surface area contributed by atoms with E-state index in [1.54, 1.807) is 25.1 Å². The first-order valence-corrected chi connectivity index (χ1v) is 8.05. The molecule has 0 aliphatic heterocycles. The molecule has 1 atom stereocenters. The Morgan fingerprint density at radius 2 is 2.12 bits per heavy atom. The maximum Gasteiger partial charge on any atom is 0.420 e. The first kappa shape index (κ1) is 17.6. The number of anilines is 1. The van der Waals surface area contributed by atoms with Crippen molar-refractivity contribution in [3.8, 4) is 11.4 Å². The van der Waals surface area contributed by atoms with Gasteiger partial charge in [-0.2, -0.15) is 18.3 Å². The topological polar surface area (TPSA) is 86.7 Å². The molecule has 0 fully saturated rings. The fraction of sp³-hybridized carbons (Fsp3) is 0.267. The van der Waals surface area contributed by atoms with Crippen molar-refractivity contribution in [3.63, 3.8) is 0 Å². The lowest BCUT2D eigenvalue weighted by Gasteiger charge is -2.15. The van der Waals surface area contributed by atoms with Gasteiger partial charge in [-0.25, -0.2) is 9.97 Å². The minimum absolute atomic E-state index is 0.0118. The summed E-state index contributed by atoms with van der Waals surface area (Å²) in [6.45, 7) is 1.45. The van der Waals surface area contributed by atoms with Gasteiger partial charge in [-0.1, -0.05) is 12.1 Å². The highest BCUT2D eigenvalue weighted by Crippen LogP contribution is 2.38. The molecule has 0 unspecified atom stereocenters. The summed E-state index contributed by atoms with van der Waals surface area (Å²) in [5.74, 6) is -0.0118. The summed E-state index contributed by atoms with van der Waals surface area (Å²) in [7, 11) is 0. The molecule has 25 heavy (non-hydrogen) atoms. The molecule has 2 aromatic heterocycles. The Balaban J connectivity index is 2.20. The van der Waals surface area contributed by atoms with Gasteiger partial charge in [0.15, 0.2) is 0 Å². The number of hydrogen-bond donors (Lipinski definition) is 3. The normalized spacial score (nSPS) is 13.2. The van der Waals surface area contributed by atoms with E-state index in [2.05, 4.69) is 41.4 Å². The van der Waals surface area contributed by atoms with Crippen LogP contribution in [0.5, 0.6) is 0 Å². The van der Waals surface area contributed by atoms with E-state index in [9.17, 15) is 13.2 Å². The lowest BCUT2D eigenvalue weighted by Crippen LogP contribution is -2.21. The third kappa shape index (κ3) is 3.45. The first-order chi connectivity index (χ1) is 11.8. The van der Waals surface area contributed by atoms with Crippen LogP contribution in [0.2, 0.25) is 0 Å². The van der Waals surface area contributed by atoms with Gasteiger partial charge in [0.2, 0.25) is 5.95 Å². The number of para-hydroxylation sites is 1. The summed E-state index contributed by atoms with van der Waals surface area (Å²) in [6.07, 6.45) is -3.90. The monoisotopic (exact) mass is 415 g/mol. The van der Waals surface area contributed by atoms with Crippen LogP contribution in [-0.4, -0.2) is 37.9 Å². The van der Waals surface area contributed by atoms with Gasteiger partial charge in [0.05, 0.1) is 12.3 Å². The van der Waals surface area contributed by atoms with E-state index < -0.39 is 17.8 Å². The summed E-state index contributed by atoms with van der Waals surface area (Å²) in [6, 6.07) is 4.70. The molecule has 0 bridgehead atoms. The van der Waals surface area contributed by atoms with Gasteiger partial charge < -0.3 is 10.4 Å². The molecule has 0 amide bonds. The van der Waals surface area contributed by atoms with Crippen LogP contribution >= 0.6 is 15.9 Å². The zero-order chi connectivity index (χ0) is 18.2. The number of benzene rings is 1. The van der Waals surface area contributed by atoms with Crippen molar-refractivity contribution in [2.24, 2.45) is 0 Å². The first-order valence-electron chi connectivity index (χ1n) is 7.26. The number of halogens is 4. The Bertz CT molecular complexity index is 912. The molecule has 0 saturated carbocycles. The lowest BCUT2D eigenvalue weighted by molar-refractivity contribution is -0.137. The molecule has 0 aliphatic carbocycles. The summed E-state index contributed by atoms with van der Waals surface area (Å²) in [5, 5.41) is 19.0. The van der Waals surface area contributed by atoms with Crippen LogP contribution in [0.4, 0.5) is 19.1 Å². The van der Waals surface area contributed by atoms with E-state index in [4.69, 9.17) is 5.11 Å². The number of aromatic amines is 1. The van der Waals surface area contributed by atoms with Gasteiger partial charge in [-0.3, -0.25) is 5.10 Å². The quantitative estimate of drug-likeness (QED) is 0.605. The Morgan fingerprint density at radius 1 is 1.36 bits per heavy atom. The van der Waals surface area contributed by atoms with Crippen molar-refractivity contribution in [2.45, 2.75) is 19.1 Å². The second kappa shape index (κ2) is 6.60. The number of fused-ring (bicyclic) bond motifs is 1. The van der Waals surface area contributed by atoms with Gasteiger partial charge in [0.25, 0.3) is 0 Å². The summed E-state index contributed by atoms with van der Waals surface area (Å²) in [5.41, 5.74) is -0.635. The highest BCUT2D eigenvalue weighted by Gasteiger charge is 2.36. The molecule has 3 rings (SSSR count). The van der Waals surface area contributed by atoms with E-state index in [0.29, 0.717) is 15.4 Å². The van der Waals surface area contributed by atoms with Gasteiger partial charge in [0.1, 0.15) is 16.8 Å². The molecule has 0 spiro atoms. The van der Waals surface area contributed by atoms with Crippen LogP contribution in [-0.2, 0) is 6.18 Å². The molecule has 0 radical (unpaired) electrons. The zero-order valence-corrected chi connectivity index (χ0v) is 14.5. The maximum atomic E-state index is 13.4. The maximum absolute atomic E-state index is 13.4. The Hall–Kier alpha value is -2.20. The van der Waals surface area contributed by atoms with Crippen molar-refractivity contribution in [3.05, 3.63) is 34.4 Å². The van der Waals surface area contributed by atoms with Crippen LogP contribution in [0.15, 0.2) is 28.9 Å². The molecular formula is C15H13BrF3N5O. The van der Waals surface area contributed by atoms with Crippen molar-refractivity contribution in [1.82, 2.24) is 20.2 Å². The van der Waals surface area contributed by atoms with E-state index in [1.807, 2.05) is 0 Å². The highest BCUT2D eigenvalue weighted by molar-refractivity contribution is 9.10.